The summed E-state index contributed by atoms with van der Waals surface area (Å²) in [6, 6.07) is 1.88. The number of hydrogen-bond acceptors (Lipinski definition) is 8. The summed E-state index contributed by atoms with van der Waals surface area (Å²) < 4.78 is 0. The molecule has 1 unspecified atom stereocenters. The Labute approximate surface area is 217 Å². The fourth-order valence-corrected chi connectivity index (χ4v) is 5.02. The van der Waals surface area contributed by atoms with Crippen molar-refractivity contribution in [3.05, 3.63) is 38.9 Å². The molecule has 0 spiro atoms. The van der Waals surface area contributed by atoms with Crippen LogP contribution < -0.4 is 16.0 Å². The molecule has 13 heteroatoms. The van der Waals surface area contributed by atoms with Crippen molar-refractivity contribution in [1.29, 1.82) is 0 Å². The number of fused-ring (bicyclic) bond motifs is 1. The minimum Gasteiger partial charge on any atom is -0.347 e. The highest BCUT2D eigenvalue weighted by Gasteiger charge is 2.44. The number of thiazole rings is 1. The summed E-state index contributed by atoms with van der Waals surface area (Å²) in [6.45, 7) is 3.66. The third-order valence-electron chi connectivity index (χ3n) is 6.35. The van der Waals surface area contributed by atoms with Crippen LogP contribution in [0.3, 0.4) is 0 Å². The number of rotatable bonds is 7. The monoisotopic (exact) mass is 533 g/mol. The molecule has 0 aromatic carbocycles. The number of amides is 4. The van der Waals surface area contributed by atoms with Crippen LogP contribution in [0.15, 0.2) is 18.3 Å². The average molecular weight is 534 g/mol. The topological polar surface area (TPSA) is 137 Å². The third kappa shape index (κ3) is 6.00. The van der Waals surface area contributed by atoms with Gasteiger partial charge in [-0.3, -0.25) is 24.1 Å². The molecule has 3 heterocycles. The SMILES string of the molecule is CN(C)C(=O)C(CNC(=O)C(=O)Nc1ccc(Cl)cn1)NC(=O)c1nc2c(s1)CN(C1(C)CC1)CC2. The molecule has 2 aromatic heterocycles. The van der Waals surface area contributed by atoms with Crippen molar-refractivity contribution in [2.75, 3.05) is 32.5 Å². The lowest BCUT2D eigenvalue weighted by atomic mass is 10.1. The van der Waals surface area contributed by atoms with Gasteiger partial charge in [0.1, 0.15) is 11.9 Å². The zero-order valence-electron chi connectivity index (χ0n) is 20.3. The number of likely N-dealkylation sites (N-methyl/N-ethyl adjacent to an activating group) is 1. The van der Waals surface area contributed by atoms with Gasteiger partial charge in [-0.15, -0.1) is 11.3 Å². The maximum Gasteiger partial charge on any atom is 0.314 e. The van der Waals surface area contributed by atoms with Gasteiger partial charge in [-0.05, 0) is 31.9 Å². The number of hydrogen-bond donors (Lipinski definition) is 3. The lowest BCUT2D eigenvalue weighted by Gasteiger charge is -2.31. The number of anilines is 1. The van der Waals surface area contributed by atoms with E-state index >= 15 is 0 Å². The Morgan fingerprint density at radius 3 is 2.61 bits per heavy atom. The Hall–Kier alpha value is -3.09. The second-order valence-corrected chi connectivity index (χ2v) is 10.9. The van der Waals surface area contributed by atoms with E-state index in [9.17, 15) is 19.2 Å². The van der Waals surface area contributed by atoms with Gasteiger partial charge in [0.15, 0.2) is 5.01 Å². The van der Waals surface area contributed by atoms with E-state index in [2.05, 4.69) is 37.7 Å². The Morgan fingerprint density at radius 2 is 1.97 bits per heavy atom. The van der Waals surface area contributed by atoms with Crippen molar-refractivity contribution >= 4 is 52.4 Å². The molecular formula is C23H28ClN7O4S. The normalized spacial score (nSPS) is 16.9. The zero-order valence-corrected chi connectivity index (χ0v) is 21.8. The van der Waals surface area contributed by atoms with Crippen LogP contribution >= 0.6 is 22.9 Å². The minimum atomic E-state index is -1.08. The Bertz CT molecular complexity index is 1180. The number of halogens is 1. The summed E-state index contributed by atoms with van der Waals surface area (Å²) >= 11 is 7.09. The first-order chi connectivity index (χ1) is 17.1. The van der Waals surface area contributed by atoms with Crippen molar-refractivity contribution in [3.63, 3.8) is 0 Å². The number of carbonyl (C=O) groups is 4. The summed E-state index contributed by atoms with van der Waals surface area (Å²) in [5.41, 5.74) is 1.17. The van der Waals surface area contributed by atoms with Crippen molar-refractivity contribution in [1.82, 2.24) is 30.4 Å². The molecule has 36 heavy (non-hydrogen) atoms. The van der Waals surface area contributed by atoms with Gasteiger partial charge >= 0.3 is 11.8 Å². The molecule has 1 aliphatic carbocycles. The smallest absolute Gasteiger partial charge is 0.314 e. The molecule has 0 bridgehead atoms. The molecule has 4 rings (SSSR count). The highest BCUT2D eigenvalue weighted by molar-refractivity contribution is 7.13. The average Bonchev–Trinajstić information content (AvgIpc) is 3.45. The van der Waals surface area contributed by atoms with Crippen molar-refractivity contribution in [3.8, 4) is 0 Å². The number of carbonyl (C=O) groups excluding carboxylic acids is 4. The van der Waals surface area contributed by atoms with Crippen LogP contribution in [0.1, 0.15) is 40.1 Å². The molecular weight excluding hydrogens is 506 g/mol. The van der Waals surface area contributed by atoms with Gasteiger partial charge in [-0.1, -0.05) is 11.6 Å². The van der Waals surface area contributed by atoms with E-state index < -0.39 is 29.7 Å². The predicted molar refractivity (Wildman–Crippen MR) is 135 cm³/mol. The van der Waals surface area contributed by atoms with Gasteiger partial charge in [-0.2, -0.15) is 0 Å². The predicted octanol–water partition coefficient (Wildman–Crippen LogP) is 1.04. The van der Waals surface area contributed by atoms with Gasteiger partial charge < -0.3 is 20.9 Å². The van der Waals surface area contributed by atoms with Crippen LogP contribution in [0.25, 0.3) is 0 Å². The van der Waals surface area contributed by atoms with E-state index in [-0.39, 0.29) is 22.9 Å². The first-order valence-electron chi connectivity index (χ1n) is 11.5. The first kappa shape index (κ1) is 26.0. The van der Waals surface area contributed by atoms with Crippen molar-refractivity contribution in [2.24, 2.45) is 0 Å². The summed E-state index contributed by atoms with van der Waals surface area (Å²) in [7, 11) is 3.08. The quantitative estimate of drug-likeness (QED) is 0.452. The lowest BCUT2D eigenvalue weighted by molar-refractivity contribution is -0.136. The Balaban J connectivity index is 1.37. The van der Waals surface area contributed by atoms with E-state index in [1.807, 2.05) is 0 Å². The lowest BCUT2D eigenvalue weighted by Crippen LogP contribution is -2.53. The van der Waals surface area contributed by atoms with E-state index in [4.69, 9.17) is 11.6 Å². The second-order valence-electron chi connectivity index (χ2n) is 9.34. The second kappa shape index (κ2) is 10.5. The molecule has 0 saturated heterocycles. The minimum absolute atomic E-state index is 0.149. The number of nitrogens with one attached hydrogen (secondary N) is 3. The fourth-order valence-electron chi connectivity index (χ4n) is 3.88. The van der Waals surface area contributed by atoms with Crippen LogP contribution in [0.2, 0.25) is 5.02 Å². The summed E-state index contributed by atoms with van der Waals surface area (Å²) in [6.07, 6.45) is 4.48. The zero-order chi connectivity index (χ0) is 26.0. The van der Waals surface area contributed by atoms with Crippen molar-refractivity contribution in [2.45, 2.75) is 44.3 Å². The molecule has 3 N–H and O–H groups in total. The van der Waals surface area contributed by atoms with Crippen LogP contribution in [0.4, 0.5) is 5.82 Å². The van der Waals surface area contributed by atoms with E-state index in [0.717, 1.165) is 30.1 Å². The molecule has 1 atom stereocenters. The van der Waals surface area contributed by atoms with Crippen LogP contribution in [0, 0.1) is 0 Å². The number of pyridine rings is 1. The van der Waals surface area contributed by atoms with E-state index in [1.54, 1.807) is 0 Å². The molecule has 192 valence electrons. The molecule has 2 aliphatic rings. The van der Waals surface area contributed by atoms with Gasteiger partial charge in [0.05, 0.1) is 10.7 Å². The highest BCUT2D eigenvalue weighted by Crippen LogP contribution is 2.43. The standard InChI is InChI=1S/C23H28ClN7O4S/c1-23(7-8-23)31-9-6-14-16(12-31)36-21(28-14)20(34)27-15(22(35)30(2)3)11-26-18(32)19(33)29-17-5-4-13(24)10-25-17/h4-5,10,15H,6-9,11-12H2,1-3H3,(H,26,32)(H,27,34)(H,25,29,33). The van der Waals surface area contributed by atoms with E-state index in [1.165, 1.54) is 61.5 Å². The summed E-state index contributed by atoms with van der Waals surface area (Å²) in [5, 5.41) is 8.05. The number of aromatic nitrogens is 2. The Kier molecular flexibility index (Phi) is 7.57. The van der Waals surface area contributed by atoms with Crippen molar-refractivity contribution < 1.29 is 19.2 Å². The molecule has 1 aliphatic heterocycles. The molecule has 11 nitrogen and oxygen atoms in total. The molecule has 0 radical (unpaired) electrons. The molecule has 1 fully saturated rings. The highest BCUT2D eigenvalue weighted by atomic mass is 35.5. The molecule has 1 saturated carbocycles. The largest absolute Gasteiger partial charge is 0.347 e. The van der Waals surface area contributed by atoms with Crippen LogP contribution in [-0.4, -0.2) is 82.2 Å². The summed E-state index contributed by atoms with van der Waals surface area (Å²) in [4.78, 5) is 63.3. The molecule has 4 amide bonds. The summed E-state index contributed by atoms with van der Waals surface area (Å²) in [5.74, 6) is -2.72. The van der Waals surface area contributed by atoms with E-state index in [0.29, 0.717) is 5.02 Å². The maximum absolute atomic E-state index is 13.0. The van der Waals surface area contributed by atoms with Gasteiger partial charge in [0.2, 0.25) is 5.91 Å². The molecule has 2 aromatic rings. The third-order valence-corrected chi connectivity index (χ3v) is 7.65. The Morgan fingerprint density at radius 1 is 1.22 bits per heavy atom. The number of nitrogens with zero attached hydrogens (tertiary/aromatic N) is 4. The maximum atomic E-state index is 13.0. The van der Waals surface area contributed by atoms with Crippen LogP contribution in [0.5, 0.6) is 0 Å². The van der Waals surface area contributed by atoms with Crippen LogP contribution in [-0.2, 0) is 27.3 Å². The van der Waals surface area contributed by atoms with Gasteiger partial charge in [-0.25, -0.2) is 9.97 Å². The first-order valence-corrected chi connectivity index (χ1v) is 12.7. The van der Waals surface area contributed by atoms with Gasteiger partial charge in [0.25, 0.3) is 5.91 Å². The van der Waals surface area contributed by atoms with Gasteiger partial charge in [0, 0.05) is 56.8 Å². The fraction of sp³-hybridized carbons (Fsp3) is 0.478.